The number of piperidine rings is 2. The Kier molecular flexibility index (Phi) is 3.54. The Labute approximate surface area is 113 Å². The summed E-state index contributed by atoms with van der Waals surface area (Å²) in [5.74, 6) is 0.822. The molecule has 1 aromatic heterocycles. The predicted molar refractivity (Wildman–Crippen MR) is 76.0 cm³/mol. The topological polar surface area (TPSA) is 45.4 Å². The van der Waals surface area contributed by atoms with Crippen LogP contribution in [0.4, 0.5) is 5.13 Å². The van der Waals surface area contributed by atoms with E-state index in [-0.39, 0.29) is 0 Å². The quantitative estimate of drug-likeness (QED) is 0.881. The van der Waals surface area contributed by atoms with Gasteiger partial charge < -0.3 is 15.5 Å². The summed E-state index contributed by atoms with van der Waals surface area (Å²) in [4.78, 5) is 9.63. The Balaban J connectivity index is 1.69. The van der Waals surface area contributed by atoms with Crippen LogP contribution >= 0.6 is 11.3 Å². The summed E-state index contributed by atoms with van der Waals surface area (Å²) in [6.07, 6.45) is 4.00. The van der Waals surface area contributed by atoms with Gasteiger partial charge in [-0.05, 0) is 38.8 Å². The molecule has 0 amide bonds. The van der Waals surface area contributed by atoms with Gasteiger partial charge in [0.1, 0.15) is 0 Å². The first-order valence-corrected chi connectivity index (χ1v) is 7.75. The molecule has 2 fully saturated rings. The molecule has 2 saturated heterocycles. The van der Waals surface area contributed by atoms with Gasteiger partial charge >= 0.3 is 0 Å². The fourth-order valence-electron chi connectivity index (χ4n) is 3.36. The van der Waals surface area contributed by atoms with Crippen molar-refractivity contribution in [2.45, 2.75) is 31.8 Å². The van der Waals surface area contributed by atoms with Crippen LogP contribution in [-0.4, -0.2) is 42.6 Å². The minimum atomic E-state index is 0.555. The van der Waals surface area contributed by atoms with Crippen molar-refractivity contribution < 1.29 is 0 Å². The summed E-state index contributed by atoms with van der Waals surface area (Å²) >= 11 is 1.74. The summed E-state index contributed by atoms with van der Waals surface area (Å²) in [6, 6.07) is 0.795. The highest BCUT2D eigenvalue weighted by Gasteiger charge is 2.34. The zero-order chi connectivity index (χ0) is 12.5. The summed E-state index contributed by atoms with van der Waals surface area (Å²) in [5, 5.41) is 3.26. The molecule has 2 aliphatic rings. The van der Waals surface area contributed by atoms with E-state index in [2.05, 4.69) is 27.2 Å². The molecule has 3 rings (SSSR count). The number of aromatic nitrogens is 1. The number of fused-ring (bicyclic) bond motifs is 1. The third kappa shape index (κ3) is 2.27. The molecule has 2 aliphatic heterocycles. The number of thiazole rings is 1. The Bertz CT molecular complexity index is 405. The third-order valence-electron chi connectivity index (χ3n) is 4.37. The van der Waals surface area contributed by atoms with Crippen molar-refractivity contribution >= 4 is 16.5 Å². The molecule has 2 unspecified atom stereocenters. The lowest BCUT2D eigenvalue weighted by Gasteiger charge is -2.45. The van der Waals surface area contributed by atoms with E-state index < -0.39 is 0 Å². The van der Waals surface area contributed by atoms with Gasteiger partial charge in [-0.2, -0.15) is 0 Å². The number of anilines is 1. The summed E-state index contributed by atoms with van der Waals surface area (Å²) < 4.78 is 0. The van der Waals surface area contributed by atoms with Gasteiger partial charge in [0.15, 0.2) is 5.13 Å². The molecule has 0 saturated carbocycles. The molecule has 2 atom stereocenters. The lowest BCUT2D eigenvalue weighted by molar-refractivity contribution is 0.102. The Morgan fingerprint density at radius 3 is 3.11 bits per heavy atom. The number of nitrogens with two attached hydrogens (primary N) is 1. The first kappa shape index (κ1) is 12.4. The Morgan fingerprint density at radius 2 is 2.33 bits per heavy atom. The minimum Gasteiger partial charge on any atom is -0.348 e. The van der Waals surface area contributed by atoms with Crippen LogP contribution in [0.1, 0.15) is 25.0 Å². The molecular weight excluding hydrogens is 244 g/mol. The Hall–Kier alpha value is -0.650. The highest BCUT2D eigenvalue weighted by Crippen LogP contribution is 2.32. The van der Waals surface area contributed by atoms with E-state index >= 15 is 0 Å². The minimum absolute atomic E-state index is 0.555. The average molecular weight is 266 g/mol. The monoisotopic (exact) mass is 266 g/mol. The summed E-state index contributed by atoms with van der Waals surface area (Å²) in [6.45, 7) is 4.14. The molecule has 5 heteroatoms. The average Bonchev–Trinajstić information content (AvgIpc) is 2.87. The molecule has 2 N–H and O–H groups in total. The van der Waals surface area contributed by atoms with Gasteiger partial charge in [0.05, 0.1) is 5.69 Å². The van der Waals surface area contributed by atoms with E-state index in [0.29, 0.717) is 6.54 Å². The molecule has 4 nitrogen and oxygen atoms in total. The zero-order valence-electron chi connectivity index (χ0n) is 11.0. The highest BCUT2D eigenvalue weighted by molar-refractivity contribution is 7.13. The maximum atomic E-state index is 5.64. The normalized spacial score (nSPS) is 29.3. The van der Waals surface area contributed by atoms with Crippen molar-refractivity contribution in [3.63, 3.8) is 0 Å². The number of hydrogen-bond donors (Lipinski definition) is 1. The van der Waals surface area contributed by atoms with E-state index in [1.165, 1.54) is 37.5 Å². The molecular formula is C13H22N4S. The number of nitrogens with zero attached hydrogens (tertiary/aromatic N) is 3. The first-order valence-electron chi connectivity index (χ1n) is 6.87. The van der Waals surface area contributed by atoms with Crippen molar-refractivity contribution in [2.75, 3.05) is 31.6 Å². The second-order valence-corrected chi connectivity index (χ2v) is 6.35. The Morgan fingerprint density at radius 1 is 1.44 bits per heavy atom. The van der Waals surface area contributed by atoms with Crippen LogP contribution in [0.2, 0.25) is 0 Å². The molecule has 18 heavy (non-hydrogen) atoms. The van der Waals surface area contributed by atoms with Crippen LogP contribution < -0.4 is 10.6 Å². The molecule has 100 valence electrons. The van der Waals surface area contributed by atoms with Gasteiger partial charge in [0.25, 0.3) is 0 Å². The van der Waals surface area contributed by atoms with E-state index in [0.717, 1.165) is 24.2 Å². The maximum absolute atomic E-state index is 5.64. The van der Waals surface area contributed by atoms with E-state index in [4.69, 9.17) is 5.73 Å². The maximum Gasteiger partial charge on any atom is 0.185 e. The predicted octanol–water partition coefficient (Wildman–Crippen LogP) is 1.52. The number of rotatable bonds is 2. The van der Waals surface area contributed by atoms with Gasteiger partial charge in [-0.3, -0.25) is 0 Å². The standard InChI is InChI=1S/C13H22N4S/c1-16-5-2-3-10-8-17(6-4-12(10)16)13-15-11(7-14)9-18-13/h9-10,12H,2-8,14H2,1H3. The van der Waals surface area contributed by atoms with Crippen LogP contribution in [0.3, 0.4) is 0 Å². The largest absolute Gasteiger partial charge is 0.348 e. The fourth-order valence-corrected chi connectivity index (χ4v) is 4.24. The van der Waals surface area contributed by atoms with Crippen molar-refractivity contribution in [1.29, 1.82) is 0 Å². The van der Waals surface area contributed by atoms with Crippen LogP contribution in [-0.2, 0) is 6.54 Å². The molecule has 0 bridgehead atoms. The van der Waals surface area contributed by atoms with Crippen molar-refractivity contribution in [1.82, 2.24) is 9.88 Å². The van der Waals surface area contributed by atoms with Gasteiger partial charge in [-0.1, -0.05) is 0 Å². The SMILES string of the molecule is CN1CCCC2CN(c3nc(CN)cs3)CCC21. The van der Waals surface area contributed by atoms with Crippen LogP contribution in [0.25, 0.3) is 0 Å². The van der Waals surface area contributed by atoms with Gasteiger partial charge in [-0.25, -0.2) is 4.98 Å². The molecule has 1 aromatic rings. The van der Waals surface area contributed by atoms with Crippen LogP contribution in [0.5, 0.6) is 0 Å². The van der Waals surface area contributed by atoms with Crippen LogP contribution in [0, 0.1) is 5.92 Å². The molecule has 0 spiro atoms. The molecule has 0 aromatic carbocycles. The molecule has 0 aliphatic carbocycles. The van der Waals surface area contributed by atoms with E-state index in [9.17, 15) is 0 Å². The lowest BCUT2D eigenvalue weighted by atomic mass is 9.84. The number of likely N-dealkylation sites (tertiary alicyclic amines) is 1. The van der Waals surface area contributed by atoms with Gasteiger partial charge in [-0.15, -0.1) is 11.3 Å². The van der Waals surface area contributed by atoms with E-state index in [1.807, 2.05) is 0 Å². The van der Waals surface area contributed by atoms with Crippen molar-refractivity contribution in [3.8, 4) is 0 Å². The second kappa shape index (κ2) is 5.15. The summed E-state index contributed by atoms with van der Waals surface area (Å²) in [7, 11) is 2.28. The number of hydrogen-bond acceptors (Lipinski definition) is 5. The van der Waals surface area contributed by atoms with Crippen molar-refractivity contribution in [3.05, 3.63) is 11.1 Å². The molecule has 0 radical (unpaired) electrons. The van der Waals surface area contributed by atoms with Crippen molar-refractivity contribution in [2.24, 2.45) is 11.7 Å². The third-order valence-corrected chi connectivity index (χ3v) is 5.32. The van der Waals surface area contributed by atoms with Gasteiger partial charge in [0.2, 0.25) is 0 Å². The highest BCUT2D eigenvalue weighted by atomic mass is 32.1. The fraction of sp³-hybridized carbons (Fsp3) is 0.769. The van der Waals surface area contributed by atoms with Crippen LogP contribution in [0.15, 0.2) is 5.38 Å². The first-order chi connectivity index (χ1) is 8.78. The molecule has 3 heterocycles. The second-order valence-electron chi connectivity index (χ2n) is 5.51. The smallest absolute Gasteiger partial charge is 0.185 e. The zero-order valence-corrected chi connectivity index (χ0v) is 11.8. The lowest BCUT2D eigenvalue weighted by Crippen LogP contribution is -2.52. The van der Waals surface area contributed by atoms with Gasteiger partial charge in [0, 0.05) is 31.1 Å². The van der Waals surface area contributed by atoms with E-state index in [1.54, 1.807) is 11.3 Å². The summed E-state index contributed by atoms with van der Waals surface area (Å²) in [5.41, 5.74) is 6.66.